The topological polar surface area (TPSA) is 79.8 Å². The van der Waals surface area contributed by atoms with E-state index in [0.29, 0.717) is 0 Å². The van der Waals surface area contributed by atoms with Gasteiger partial charge in [0.05, 0.1) is 16.6 Å². The highest BCUT2D eigenvalue weighted by molar-refractivity contribution is 6.34. The van der Waals surface area contributed by atoms with Gasteiger partial charge >= 0.3 is 6.18 Å². The Kier molecular flexibility index (Phi) is 6.90. The first kappa shape index (κ1) is 23.1. The van der Waals surface area contributed by atoms with Crippen molar-refractivity contribution >= 4 is 17.5 Å². The molecule has 0 radical (unpaired) electrons. The van der Waals surface area contributed by atoms with Gasteiger partial charge in [0.2, 0.25) is 0 Å². The number of halogens is 4. The number of carbonyl (C=O) groups is 1. The van der Waals surface area contributed by atoms with Gasteiger partial charge in [-0.15, -0.1) is 0 Å². The van der Waals surface area contributed by atoms with Crippen molar-refractivity contribution in [3.05, 3.63) is 77.1 Å². The molecule has 4 rings (SSSR count). The Morgan fingerprint density at radius 3 is 2.64 bits per heavy atom. The molecule has 1 saturated heterocycles. The summed E-state index contributed by atoms with van der Waals surface area (Å²) in [6.45, 7) is 0.784. The van der Waals surface area contributed by atoms with E-state index in [1.165, 1.54) is 6.33 Å². The van der Waals surface area contributed by atoms with E-state index >= 15 is 0 Å². The average Bonchev–Trinajstić information content (AvgIpc) is 2.83. The molecule has 0 unspecified atom stereocenters. The fourth-order valence-electron chi connectivity index (χ4n) is 3.97. The molecule has 33 heavy (non-hydrogen) atoms. The Morgan fingerprint density at radius 2 is 1.94 bits per heavy atom. The van der Waals surface area contributed by atoms with Gasteiger partial charge in [-0.1, -0.05) is 36.2 Å². The van der Waals surface area contributed by atoms with Gasteiger partial charge < -0.3 is 10.6 Å². The first-order chi connectivity index (χ1) is 15.8. The van der Waals surface area contributed by atoms with Crippen molar-refractivity contribution in [2.45, 2.75) is 37.5 Å². The number of nitrogens with zero attached hydrogens (tertiary/aromatic N) is 3. The van der Waals surface area contributed by atoms with Crippen molar-refractivity contribution in [2.75, 3.05) is 6.54 Å². The minimum absolute atomic E-state index is 0.102. The van der Waals surface area contributed by atoms with Crippen LogP contribution in [0.1, 0.15) is 46.9 Å². The van der Waals surface area contributed by atoms with E-state index in [1.807, 2.05) is 24.3 Å². The molecule has 1 amide bonds. The first-order valence-electron chi connectivity index (χ1n) is 10.5. The lowest BCUT2D eigenvalue weighted by molar-refractivity contribution is -0.137. The van der Waals surface area contributed by atoms with Crippen LogP contribution in [-0.4, -0.2) is 33.4 Å². The van der Waals surface area contributed by atoms with Gasteiger partial charge in [-0.05, 0) is 42.6 Å². The number of hydrogen-bond acceptors (Lipinski definition) is 5. The summed E-state index contributed by atoms with van der Waals surface area (Å²) in [5.41, 5.74) is 0.914. The molecular weight excluding hydrogens is 455 g/mol. The molecule has 0 spiro atoms. The largest absolute Gasteiger partial charge is 0.417 e. The number of carbonyl (C=O) groups excluding carboxylic acids is 1. The standard InChI is InChI=1S/C23H21ClF3N5O/c24-19-17(23(25,26)27)7-9-31-21(19)22(33)32-20(18-6-1-2-8-30-18)15-5-3-4-14(10-15)16-11-28-13-29-12-16/h3-5,7,9-13,18,20,30H,1-2,6,8H2,(H,32,33)/t18-,20-/m0/s1. The van der Waals surface area contributed by atoms with Crippen LogP contribution in [0.25, 0.3) is 11.1 Å². The molecule has 0 bridgehead atoms. The van der Waals surface area contributed by atoms with Gasteiger partial charge in [0.25, 0.3) is 5.91 Å². The summed E-state index contributed by atoms with van der Waals surface area (Å²) in [6, 6.07) is 7.70. The molecule has 10 heteroatoms. The molecule has 2 atom stereocenters. The van der Waals surface area contributed by atoms with Crippen LogP contribution in [-0.2, 0) is 6.18 Å². The van der Waals surface area contributed by atoms with Crippen LogP contribution in [0, 0.1) is 0 Å². The summed E-state index contributed by atoms with van der Waals surface area (Å²) >= 11 is 5.94. The lowest BCUT2D eigenvalue weighted by Gasteiger charge is -2.32. The minimum atomic E-state index is -4.69. The van der Waals surface area contributed by atoms with Crippen LogP contribution in [0.4, 0.5) is 13.2 Å². The molecule has 1 aliphatic rings. The highest BCUT2D eigenvalue weighted by Gasteiger charge is 2.36. The summed E-state index contributed by atoms with van der Waals surface area (Å²) in [7, 11) is 0. The Morgan fingerprint density at radius 1 is 1.15 bits per heavy atom. The number of rotatable bonds is 5. The summed E-state index contributed by atoms with van der Waals surface area (Å²) < 4.78 is 39.8. The smallest absolute Gasteiger partial charge is 0.342 e. The predicted molar refractivity (Wildman–Crippen MR) is 118 cm³/mol. The average molecular weight is 476 g/mol. The Balaban J connectivity index is 1.68. The molecule has 1 aromatic carbocycles. The number of nitrogens with one attached hydrogen (secondary N) is 2. The van der Waals surface area contributed by atoms with Gasteiger partial charge in [0.1, 0.15) is 12.0 Å². The van der Waals surface area contributed by atoms with Crippen molar-refractivity contribution in [3.63, 3.8) is 0 Å². The van der Waals surface area contributed by atoms with E-state index in [4.69, 9.17) is 11.6 Å². The van der Waals surface area contributed by atoms with Gasteiger partial charge in [-0.3, -0.25) is 4.79 Å². The lowest BCUT2D eigenvalue weighted by atomic mass is 9.91. The number of alkyl halides is 3. The first-order valence-corrected chi connectivity index (χ1v) is 10.8. The fraction of sp³-hybridized carbons (Fsp3) is 0.304. The molecule has 1 aliphatic heterocycles. The monoisotopic (exact) mass is 475 g/mol. The second-order valence-electron chi connectivity index (χ2n) is 7.78. The number of aromatic nitrogens is 3. The third kappa shape index (κ3) is 5.31. The maximum atomic E-state index is 13.3. The van der Waals surface area contributed by atoms with Gasteiger partial charge in [0.15, 0.2) is 0 Å². The molecule has 0 aliphatic carbocycles. The van der Waals surface area contributed by atoms with Crippen molar-refractivity contribution in [1.29, 1.82) is 0 Å². The number of pyridine rings is 1. The Hall–Kier alpha value is -3.04. The second-order valence-corrected chi connectivity index (χ2v) is 8.16. The number of benzene rings is 1. The molecule has 3 aromatic rings. The van der Waals surface area contributed by atoms with Crippen molar-refractivity contribution in [1.82, 2.24) is 25.6 Å². The van der Waals surface area contributed by atoms with E-state index in [2.05, 4.69) is 25.6 Å². The summed E-state index contributed by atoms with van der Waals surface area (Å²) in [5, 5.41) is 5.57. The number of hydrogen-bond donors (Lipinski definition) is 2. The molecule has 0 saturated carbocycles. The molecular formula is C23H21ClF3N5O. The molecule has 3 heterocycles. The molecule has 172 valence electrons. The summed E-state index contributed by atoms with van der Waals surface area (Å²) in [5.74, 6) is -0.767. The SMILES string of the molecule is O=C(N[C@@H](c1cccc(-c2cncnc2)c1)[C@@H]1CCCCN1)c1nccc(C(F)(F)F)c1Cl. The van der Waals surface area contributed by atoms with Crippen LogP contribution >= 0.6 is 11.6 Å². The molecule has 2 N–H and O–H groups in total. The Labute approximate surface area is 193 Å². The third-order valence-electron chi connectivity index (χ3n) is 5.59. The zero-order valence-electron chi connectivity index (χ0n) is 17.4. The Bertz CT molecular complexity index is 1120. The van der Waals surface area contributed by atoms with Crippen LogP contribution in [0.3, 0.4) is 0 Å². The zero-order chi connectivity index (χ0) is 23.4. The zero-order valence-corrected chi connectivity index (χ0v) is 18.2. The summed E-state index contributed by atoms with van der Waals surface area (Å²) in [4.78, 5) is 25.0. The van der Waals surface area contributed by atoms with Crippen molar-refractivity contribution in [3.8, 4) is 11.1 Å². The highest BCUT2D eigenvalue weighted by atomic mass is 35.5. The molecule has 2 aromatic heterocycles. The molecule has 1 fully saturated rings. The molecule has 6 nitrogen and oxygen atoms in total. The maximum absolute atomic E-state index is 13.3. The van der Waals surface area contributed by atoms with Crippen molar-refractivity contribution in [2.24, 2.45) is 0 Å². The quantitative estimate of drug-likeness (QED) is 0.553. The van der Waals surface area contributed by atoms with Crippen molar-refractivity contribution < 1.29 is 18.0 Å². The number of amides is 1. The maximum Gasteiger partial charge on any atom is 0.417 e. The van der Waals surface area contributed by atoms with E-state index in [9.17, 15) is 18.0 Å². The minimum Gasteiger partial charge on any atom is -0.342 e. The van der Waals surface area contributed by atoms with Gasteiger partial charge in [0, 0.05) is 30.2 Å². The van der Waals surface area contributed by atoms with E-state index < -0.39 is 34.4 Å². The number of piperidine rings is 1. The normalized spacial score (nSPS) is 17.4. The van der Waals surface area contributed by atoms with Crippen LogP contribution in [0.15, 0.2) is 55.2 Å². The van der Waals surface area contributed by atoms with Crippen LogP contribution < -0.4 is 10.6 Å². The third-order valence-corrected chi connectivity index (χ3v) is 5.97. The van der Waals surface area contributed by atoms with Crippen LogP contribution in [0.2, 0.25) is 5.02 Å². The fourth-order valence-corrected chi connectivity index (χ4v) is 4.27. The highest BCUT2D eigenvalue weighted by Crippen LogP contribution is 2.36. The van der Waals surface area contributed by atoms with Gasteiger partial charge in [-0.2, -0.15) is 13.2 Å². The van der Waals surface area contributed by atoms with E-state index in [0.717, 1.165) is 54.8 Å². The van der Waals surface area contributed by atoms with Gasteiger partial charge in [-0.25, -0.2) is 15.0 Å². The van der Waals surface area contributed by atoms with Crippen LogP contribution in [0.5, 0.6) is 0 Å². The lowest BCUT2D eigenvalue weighted by Crippen LogP contribution is -2.46. The van der Waals surface area contributed by atoms with E-state index in [1.54, 1.807) is 12.4 Å². The summed E-state index contributed by atoms with van der Waals surface area (Å²) in [6.07, 6.45) is 3.84. The predicted octanol–water partition coefficient (Wildman–Crippen LogP) is 4.82. The van der Waals surface area contributed by atoms with E-state index in [-0.39, 0.29) is 6.04 Å². The second kappa shape index (κ2) is 9.84.